The summed E-state index contributed by atoms with van der Waals surface area (Å²) < 4.78 is 28.3. The zero-order valence-corrected chi connectivity index (χ0v) is 16.7. The molecule has 0 spiro atoms. The minimum Gasteiger partial charge on any atom is -0.255 e. The maximum Gasteiger partial charge on any atom is 0.265 e. The van der Waals surface area contributed by atoms with Crippen molar-refractivity contribution in [3.8, 4) is 10.6 Å². The normalized spacial score (nSPS) is 11.7. The van der Waals surface area contributed by atoms with Crippen molar-refractivity contribution in [2.45, 2.75) is 11.8 Å². The van der Waals surface area contributed by atoms with Gasteiger partial charge in [-0.25, -0.2) is 13.4 Å². The van der Waals surface area contributed by atoms with Crippen molar-refractivity contribution in [3.05, 3.63) is 49.6 Å². The van der Waals surface area contributed by atoms with Gasteiger partial charge in [-0.1, -0.05) is 34.8 Å². The van der Waals surface area contributed by atoms with Crippen LogP contribution in [-0.4, -0.2) is 13.4 Å². The third-order valence-electron chi connectivity index (χ3n) is 3.01. The molecule has 0 aliphatic carbocycles. The summed E-state index contributed by atoms with van der Waals surface area (Å²) in [5.41, 5.74) is 1.12. The lowest BCUT2D eigenvalue weighted by Crippen LogP contribution is -2.14. The van der Waals surface area contributed by atoms with Crippen LogP contribution < -0.4 is 4.72 Å². The summed E-state index contributed by atoms with van der Waals surface area (Å²) in [6.45, 7) is 1.63. The summed E-state index contributed by atoms with van der Waals surface area (Å²) in [7, 11) is -3.87. The highest BCUT2D eigenvalue weighted by Crippen LogP contribution is 2.34. The summed E-state index contributed by atoms with van der Waals surface area (Å²) in [4.78, 5) is 5.15. The van der Waals surface area contributed by atoms with Gasteiger partial charge in [-0.2, -0.15) is 0 Å². The largest absolute Gasteiger partial charge is 0.265 e. The topological polar surface area (TPSA) is 59.1 Å². The molecule has 0 saturated heterocycles. The van der Waals surface area contributed by atoms with Gasteiger partial charge in [0.05, 0.1) is 19.9 Å². The highest BCUT2D eigenvalue weighted by molar-refractivity contribution is 7.93. The third kappa shape index (κ3) is 3.71. The molecule has 1 N–H and O–H groups in total. The van der Waals surface area contributed by atoms with Gasteiger partial charge in [-0.3, -0.25) is 4.72 Å². The SMILES string of the molecule is Cc1cc(Cl)cc(Cl)c1S(=O)(=O)Nc1nc(-c2ccc(Cl)s2)cs1. The highest BCUT2D eigenvalue weighted by atomic mass is 35.5. The number of hydrogen-bond acceptors (Lipinski definition) is 5. The maximum atomic E-state index is 12.6. The van der Waals surface area contributed by atoms with Gasteiger partial charge < -0.3 is 0 Å². The van der Waals surface area contributed by atoms with Crippen LogP contribution in [0.15, 0.2) is 34.5 Å². The van der Waals surface area contributed by atoms with Crippen molar-refractivity contribution in [3.63, 3.8) is 0 Å². The molecule has 0 atom stereocenters. The summed E-state index contributed by atoms with van der Waals surface area (Å²) in [5.74, 6) is 0. The number of hydrogen-bond donors (Lipinski definition) is 1. The fourth-order valence-corrected chi connectivity index (χ4v) is 6.31. The lowest BCUT2D eigenvalue weighted by molar-refractivity contribution is 0.600. The first-order chi connectivity index (χ1) is 11.3. The van der Waals surface area contributed by atoms with Gasteiger partial charge in [0.15, 0.2) is 5.13 Å². The van der Waals surface area contributed by atoms with Crippen molar-refractivity contribution in [1.29, 1.82) is 0 Å². The number of thiophene rings is 1. The van der Waals surface area contributed by atoms with Crippen LogP contribution in [-0.2, 0) is 10.0 Å². The average Bonchev–Trinajstić information content (AvgIpc) is 3.05. The molecule has 126 valence electrons. The van der Waals surface area contributed by atoms with Crippen LogP contribution in [0.3, 0.4) is 0 Å². The lowest BCUT2D eigenvalue weighted by Gasteiger charge is -2.10. The molecule has 10 heteroatoms. The fourth-order valence-electron chi connectivity index (χ4n) is 2.08. The van der Waals surface area contributed by atoms with Crippen molar-refractivity contribution in [2.75, 3.05) is 4.72 Å². The molecule has 0 saturated carbocycles. The number of rotatable bonds is 4. The van der Waals surface area contributed by atoms with Gasteiger partial charge in [-0.05, 0) is 36.8 Å². The standard InChI is InChI=1S/C14H9Cl3N2O2S3/c1-7-4-8(15)5-9(16)13(7)24(20,21)19-14-18-10(6-22-14)11-2-3-12(17)23-11/h2-6H,1H3,(H,18,19). The molecular formula is C14H9Cl3N2O2S3. The van der Waals surface area contributed by atoms with Crippen LogP contribution in [0.5, 0.6) is 0 Å². The van der Waals surface area contributed by atoms with Crippen LogP contribution in [0.25, 0.3) is 10.6 Å². The molecule has 3 rings (SSSR count). The molecule has 0 aliphatic heterocycles. The Hall–Kier alpha value is -0.830. The highest BCUT2D eigenvalue weighted by Gasteiger charge is 2.23. The van der Waals surface area contributed by atoms with Crippen LogP contribution >= 0.6 is 57.5 Å². The van der Waals surface area contributed by atoms with Crippen molar-refractivity contribution < 1.29 is 8.42 Å². The van der Waals surface area contributed by atoms with Crippen molar-refractivity contribution in [1.82, 2.24) is 4.98 Å². The molecule has 0 unspecified atom stereocenters. The monoisotopic (exact) mass is 438 g/mol. The van der Waals surface area contributed by atoms with Crippen LogP contribution in [0.1, 0.15) is 5.56 Å². The third-order valence-corrected chi connectivity index (χ3v) is 7.32. The van der Waals surface area contributed by atoms with Gasteiger partial charge in [0, 0.05) is 10.4 Å². The molecule has 0 amide bonds. The van der Waals surface area contributed by atoms with E-state index in [1.165, 1.54) is 28.7 Å². The van der Waals surface area contributed by atoms with E-state index in [1.807, 2.05) is 6.07 Å². The molecule has 0 fully saturated rings. The Labute approximate surface area is 162 Å². The van der Waals surface area contributed by atoms with E-state index in [9.17, 15) is 8.42 Å². The quantitative estimate of drug-likeness (QED) is 0.547. The number of thiazole rings is 1. The number of nitrogens with one attached hydrogen (secondary N) is 1. The van der Waals surface area contributed by atoms with E-state index >= 15 is 0 Å². The van der Waals surface area contributed by atoms with E-state index in [1.54, 1.807) is 24.4 Å². The predicted molar refractivity (Wildman–Crippen MR) is 102 cm³/mol. The average molecular weight is 440 g/mol. The molecule has 1 aromatic carbocycles. The Balaban J connectivity index is 1.92. The molecule has 0 bridgehead atoms. The predicted octanol–water partition coefficient (Wildman–Crippen LogP) is 5.94. The van der Waals surface area contributed by atoms with Crippen LogP contribution in [0.2, 0.25) is 14.4 Å². The van der Waals surface area contributed by atoms with E-state index in [0.29, 0.717) is 20.6 Å². The number of aromatic nitrogens is 1. The van der Waals surface area contributed by atoms with Crippen LogP contribution in [0, 0.1) is 6.92 Å². The Morgan fingerprint density at radius 3 is 2.54 bits per heavy atom. The number of aryl methyl sites for hydroxylation is 1. The van der Waals surface area contributed by atoms with Gasteiger partial charge in [0.25, 0.3) is 10.0 Å². The first-order valence-electron chi connectivity index (χ1n) is 6.46. The minimum absolute atomic E-state index is 0.00974. The number of benzene rings is 1. The zero-order chi connectivity index (χ0) is 17.5. The van der Waals surface area contributed by atoms with Crippen molar-refractivity contribution >= 4 is 72.6 Å². The van der Waals surface area contributed by atoms with Gasteiger partial charge in [-0.15, -0.1) is 22.7 Å². The Kier molecular flexibility index (Phi) is 5.11. The minimum atomic E-state index is -3.87. The molecule has 3 aromatic rings. The smallest absolute Gasteiger partial charge is 0.255 e. The Bertz CT molecular complexity index is 989. The van der Waals surface area contributed by atoms with E-state index in [-0.39, 0.29) is 15.0 Å². The molecule has 0 aliphatic rings. The molecule has 0 radical (unpaired) electrons. The Morgan fingerprint density at radius 2 is 1.92 bits per heavy atom. The summed E-state index contributed by atoms with van der Waals surface area (Å²) in [6.07, 6.45) is 0. The van der Waals surface area contributed by atoms with Gasteiger partial charge in [0.1, 0.15) is 4.90 Å². The second-order valence-electron chi connectivity index (χ2n) is 4.78. The van der Waals surface area contributed by atoms with Crippen LogP contribution in [0.4, 0.5) is 5.13 Å². The van der Waals surface area contributed by atoms with Crippen molar-refractivity contribution in [2.24, 2.45) is 0 Å². The number of halogens is 3. The molecule has 2 heterocycles. The maximum absolute atomic E-state index is 12.6. The van der Waals surface area contributed by atoms with Gasteiger partial charge >= 0.3 is 0 Å². The molecular weight excluding hydrogens is 431 g/mol. The number of anilines is 1. The summed E-state index contributed by atoms with van der Waals surface area (Å²) in [6, 6.07) is 6.54. The lowest BCUT2D eigenvalue weighted by atomic mass is 10.2. The first kappa shape index (κ1) is 18.0. The summed E-state index contributed by atoms with van der Waals surface area (Å²) in [5, 5.41) is 2.45. The Morgan fingerprint density at radius 1 is 1.17 bits per heavy atom. The first-order valence-corrected chi connectivity index (χ1v) is 10.8. The molecule has 2 aromatic heterocycles. The van der Waals surface area contributed by atoms with E-state index in [2.05, 4.69) is 9.71 Å². The zero-order valence-electron chi connectivity index (χ0n) is 12.0. The van der Waals surface area contributed by atoms with E-state index in [0.717, 1.165) is 4.88 Å². The molecule has 24 heavy (non-hydrogen) atoms. The number of sulfonamides is 1. The molecule has 4 nitrogen and oxygen atoms in total. The second kappa shape index (κ2) is 6.82. The van der Waals surface area contributed by atoms with E-state index < -0.39 is 10.0 Å². The van der Waals surface area contributed by atoms with Gasteiger partial charge in [0.2, 0.25) is 0 Å². The fraction of sp³-hybridized carbons (Fsp3) is 0.0714. The number of nitrogens with zero attached hydrogens (tertiary/aromatic N) is 1. The summed E-state index contributed by atoms with van der Waals surface area (Å²) >= 11 is 20.4. The second-order valence-corrected chi connectivity index (χ2v) is 9.82. The van der Waals surface area contributed by atoms with E-state index in [4.69, 9.17) is 34.8 Å².